The Morgan fingerprint density at radius 1 is 1.38 bits per heavy atom. The standard InChI is InChI=1S/C18H27N3O2S/c1-14-16(24-13-19-14)11-20-6-5-18(12-20)4-2-3-15(18)17(22)21-7-9-23-10-8-21/h13,15H,2-12H2,1H3/t15-,18+/m0/s1. The number of hydrogen-bond acceptors (Lipinski definition) is 5. The predicted molar refractivity (Wildman–Crippen MR) is 93.9 cm³/mol. The zero-order chi connectivity index (χ0) is 16.6. The van der Waals surface area contributed by atoms with E-state index < -0.39 is 0 Å². The van der Waals surface area contributed by atoms with Crippen molar-refractivity contribution in [3.05, 3.63) is 16.1 Å². The Bertz CT molecular complexity index is 599. The summed E-state index contributed by atoms with van der Waals surface area (Å²) in [4.78, 5) is 23.4. The van der Waals surface area contributed by atoms with Crippen LogP contribution in [0.1, 0.15) is 36.3 Å². The van der Waals surface area contributed by atoms with Crippen LogP contribution < -0.4 is 0 Å². The van der Waals surface area contributed by atoms with Gasteiger partial charge in [-0.05, 0) is 38.1 Å². The van der Waals surface area contributed by atoms with E-state index in [0.717, 1.165) is 44.8 Å². The fourth-order valence-corrected chi connectivity index (χ4v) is 5.64. The number of likely N-dealkylation sites (tertiary alicyclic amines) is 1. The molecular weight excluding hydrogens is 322 g/mol. The summed E-state index contributed by atoms with van der Waals surface area (Å²) in [6, 6.07) is 0. The van der Waals surface area contributed by atoms with Gasteiger partial charge in [-0.3, -0.25) is 9.69 Å². The fourth-order valence-electron chi connectivity index (χ4n) is 4.82. The summed E-state index contributed by atoms with van der Waals surface area (Å²) < 4.78 is 5.41. The Hall–Kier alpha value is -0.980. The van der Waals surface area contributed by atoms with E-state index in [9.17, 15) is 4.79 Å². The van der Waals surface area contributed by atoms with Gasteiger partial charge in [0.15, 0.2) is 0 Å². The van der Waals surface area contributed by atoms with E-state index in [2.05, 4.69) is 21.7 Å². The third-order valence-electron chi connectivity index (χ3n) is 6.20. The second-order valence-electron chi connectivity index (χ2n) is 7.57. The van der Waals surface area contributed by atoms with Crippen LogP contribution in [0.15, 0.2) is 5.51 Å². The molecule has 1 aliphatic carbocycles. The van der Waals surface area contributed by atoms with E-state index in [1.165, 1.54) is 24.1 Å². The molecule has 1 amide bonds. The van der Waals surface area contributed by atoms with Gasteiger partial charge in [-0.15, -0.1) is 11.3 Å². The molecule has 4 rings (SSSR count). The lowest BCUT2D eigenvalue weighted by molar-refractivity contribution is -0.143. The van der Waals surface area contributed by atoms with Gasteiger partial charge in [0.2, 0.25) is 5.91 Å². The second-order valence-corrected chi connectivity index (χ2v) is 8.51. The van der Waals surface area contributed by atoms with E-state index in [1.54, 1.807) is 11.3 Å². The molecule has 0 bridgehead atoms. The molecule has 0 N–H and O–H groups in total. The Kier molecular flexibility index (Phi) is 4.62. The SMILES string of the molecule is Cc1ncsc1CN1CC[C@]2(CCC[C@H]2C(=O)N2CCOCC2)C1. The smallest absolute Gasteiger partial charge is 0.226 e. The van der Waals surface area contributed by atoms with E-state index in [-0.39, 0.29) is 11.3 Å². The zero-order valence-corrected chi connectivity index (χ0v) is 15.3. The molecule has 2 aliphatic heterocycles. The first kappa shape index (κ1) is 16.5. The average molecular weight is 350 g/mol. The molecule has 3 fully saturated rings. The quantitative estimate of drug-likeness (QED) is 0.840. The van der Waals surface area contributed by atoms with Crippen molar-refractivity contribution in [3.8, 4) is 0 Å². The number of aryl methyl sites for hydroxylation is 1. The van der Waals surface area contributed by atoms with Gasteiger partial charge in [0.1, 0.15) is 0 Å². The lowest BCUT2D eigenvalue weighted by atomic mass is 9.76. The third-order valence-corrected chi connectivity index (χ3v) is 7.12. The molecule has 1 saturated carbocycles. The highest BCUT2D eigenvalue weighted by Gasteiger charge is 2.51. The van der Waals surface area contributed by atoms with Gasteiger partial charge in [-0.25, -0.2) is 4.98 Å². The first-order valence-corrected chi connectivity index (χ1v) is 10.0. The number of nitrogens with zero attached hydrogens (tertiary/aromatic N) is 3. The van der Waals surface area contributed by atoms with Crippen LogP contribution in [0.2, 0.25) is 0 Å². The summed E-state index contributed by atoms with van der Waals surface area (Å²) in [6.45, 7) is 8.22. The van der Waals surface area contributed by atoms with E-state index in [1.807, 2.05) is 5.51 Å². The highest BCUT2D eigenvalue weighted by Crippen LogP contribution is 2.50. The number of carbonyl (C=O) groups excluding carboxylic acids is 1. The Morgan fingerprint density at radius 2 is 2.21 bits per heavy atom. The summed E-state index contributed by atoms with van der Waals surface area (Å²) in [5.74, 6) is 0.620. The molecule has 2 saturated heterocycles. The first-order valence-electron chi connectivity index (χ1n) is 9.16. The van der Waals surface area contributed by atoms with Crippen LogP contribution in [0.4, 0.5) is 0 Å². The Balaban J connectivity index is 1.44. The lowest BCUT2D eigenvalue weighted by Crippen LogP contribution is -2.47. The zero-order valence-electron chi connectivity index (χ0n) is 14.5. The van der Waals surface area contributed by atoms with Crippen molar-refractivity contribution in [2.45, 2.75) is 39.2 Å². The minimum Gasteiger partial charge on any atom is -0.378 e. The van der Waals surface area contributed by atoms with Crippen molar-refractivity contribution >= 4 is 17.2 Å². The molecule has 5 nitrogen and oxygen atoms in total. The van der Waals surface area contributed by atoms with Crippen LogP contribution in [0.3, 0.4) is 0 Å². The molecule has 6 heteroatoms. The molecule has 1 spiro atoms. The van der Waals surface area contributed by atoms with Gasteiger partial charge in [0.25, 0.3) is 0 Å². The maximum atomic E-state index is 13.1. The van der Waals surface area contributed by atoms with Crippen LogP contribution in [-0.4, -0.2) is 60.1 Å². The largest absolute Gasteiger partial charge is 0.378 e. The summed E-state index contributed by atoms with van der Waals surface area (Å²) in [7, 11) is 0. The third kappa shape index (κ3) is 3.00. The van der Waals surface area contributed by atoms with Crippen molar-refractivity contribution in [1.29, 1.82) is 0 Å². The van der Waals surface area contributed by atoms with E-state index in [4.69, 9.17) is 4.74 Å². The van der Waals surface area contributed by atoms with Gasteiger partial charge in [-0.1, -0.05) is 6.42 Å². The second kappa shape index (κ2) is 6.73. The molecule has 3 heterocycles. The summed E-state index contributed by atoms with van der Waals surface area (Å²) >= 11 is 1.76. The van der Waals surface area contributed by atoms with Crippen LogP contribution in [0.25, 0.3) is 0 Å². The summed E-state index contributed by atoms with van der Waals surface area (Å²) in [6.07, 6.45) is 4.66. The number of ether oxygens (including phenoxy) is 1. The van der Waals surface area contributed by atoms with Crippen LogP contribution in [0, 0.1) is 18.3 Å². The molecule has 3 aliphatic rings. The van der Waals surface area contributed by atoms with Crippen molar-refractivity contribution in [2.24, 2.45) is 11.3 Å². The number of rotatable bonds is 3. The highest BCUT2D eigenvalue weighted by molar-refractivity contribution is 7.09. The van der Waals surface area contributed by atoms with Crippen molar-refractivity contribution < 1.29 is 9.53 Å². The van der Waals surface area contributed by atoms with Crippen molar-refractivity contribution in [3.63, 3.8) is 0 Å². The number of morpholine rings is 1. The topological polar surface area (TPSA) is 45.7 Å². The molecule has 0 unspecified atom stereocenters. The average Bonchev–Trinajstić information content (AvgIpc) is 3.31. The van der Waals surface area contributed by atoms with E-state index in [0.29, 0.717) is 19.1 Å². The van der Waals surface area contributed by atoms with Crippen molar-refractivity contribution in [1.82, 2.24) is 14.8 Å². The van der Waals surface area contributed by atoms with Crippen LogP contribution in [-0.2, 0) is 16.1 Å². The maximum Gasteiger partial charge on any atom is 0.226 e. The monoisotopic (exact) mass is 349 g/mol. The highest BCUT2D eigenvalue weighted by atomic mass is 32.1. The first-order chi connectivity index (χ1) is 11.7. The van der Waals surface area contributed by atoms with Crippen LogP contribution >= 0.6 is 11.3 Å². The van der Waals surface area contributed by atoms with Crippen molar-refractivity contribution in [2.75, 3.05) is 39.4 Å². The van der Waals surface area contributed by atoms with Gasteiger partial charge < -0.3 is 9.64 Å². The molecule has 132 valence electrons. The molecule has 0 radical (unpaired) electrons. The number of aromatic nitrogens is 1. The normalized spacial score (nSPS) is 31.2. The molecule has 24 heavy (non-hydrogen) atoms. The minimum absolute atomic E-state index is 0.216. The number of hydrogen-bond donors (Lipinski definition) is 0. The molecule has 0 aromatic carbocycles. The minimum atomic E-state index is 0.216. The van der Waals surface area contributed by atoms with Gasteiger partial charge in [0, 0.05) is 37.0 Å². The number of carbonyl (C=O) groups is 1. The predicted octanol–water partition coefficient (Wildman–Crippen LogP) is 2.30. The lowest BCUT2D eigenvalue weighted by Gasteiger charge is -2.36. The summed E-state index contributed by atoms with van der Waals surface area (Å²) in [5.41, 5.74) is 3.32. The van der Waals surface area contributed by atoms with Gasteiger partial charge >= 0.3 is 0 Å². The number of amides is 1. The number of thiazole rings is 1. The molecule has 2 atom stereocenters. The molecular formula is C18H27N3O2S. The molecule has 1 aromatic heterocycles. The molecule has 1 aromatic rings. The van der Waals surface area contributed by atoms with Gasteiger partial charge in [-0.2, -0.15) is 0 Å². The van der Waals surface area contributed by atoms with Crippen LogP contribution in [0.5, 0.6) is 0 Å². The fraction of sp³-hybridized carbons (Fsp3) is 0.778. The van der Waals surface area contributed by atoms with E-state index >= 15 is 0 Å². The summed E-state index contributed by atoms with van der Waals surface area (Å²) in [5, 5.41) is 0. The Labute approximate surface area is 148 Å². The Morgan fingerprint density at radius 3 is 2.96 bits per heavy atom. The maximum absolute atomic E-state index is 13.1. The van der Waals surface area contributed by atoms with Gasteiger partial charge in [0.05, 0.1) is 24.4 Å².